The van der Waals surface area contributed by atoms with E-state index in [9.17, 15) is 13.2 Å². The third-order valence-electron chi connectivity index (χ3n) is 3.19. The van der Waals surface area contributed by atoms with E-state index in [2.05, 4.69) is 25.3 Å². The van der Waals surface area contributed by atoms with Gasteiger partial charge in [-0.3, -0.25) is 4.98 Å². The topological polar surface area (TPSA) is 58.5 Å². The van der Waals surface area contributed by atoms with Crippen molar-refractivity contribution >= 4 is 5.96 Å². The molecule has 2 rings (SSSR count). The van der Waals surface area contributed by atoms with Crippen molar-refractivity contribution < 1.29 is 17.9 Å². The third-order valence-corrected chi connectivity index (χ3v) is 3.19. The Hall–Kier alpha value is -2.77. The van der Waals surface area contributed by atoms with Gasteiger partial charge < -0.3 is 15.4 Å². The molecule has 2 N–H and O–H groups in total. The lowest BCUT2D eigenvalue weighted by Crippen LogP contribution is -2.37. The molecule has 25 heavy (non-hydrogen) atoms. The number of benzene rings is 1. The number of pyridine rings is 1. The third kappa shape index (κ3) is 5.98. The van der Waals surface area contributed by atoms with Crippen LogP contribution in [0.3, 0.4) is 0 Å². The number of guanidine groups is 1. The van der Waals surface area contributed by atoms with Crippen LogP contribution in [-0.2, 0) is 13.1 Å². The summed E-state index contributed by atoms with van der Waals surface area (Å²) in [6, 6.07) is 9.30. The first-order valence-electron chi connectivity index (χ1n) is 7.74. The van der Waals surface area contributed by atoms with Crippen LogP contribution in [0.5, 0.6) is 5.75 Å². The van der Waals surface area contributed by atoms with Gasteiger partial charge in [0, 0.05) is 12.7 Å². The van der Waals surface area contributed by atoms with Gasteiger partial charge in [-0.2, -0.15) is 8.78 Å². The minimum Gasteiger partial charge on any atom is -0.434 e. The molecule has 1 aromatic carbocycles. The zero-order chi connectivity index (χ0) is 18.1. The quantitative estimate of drug-likeness (QED) is 0.594. The number of aliphatic imine (C=N–C) groups is 1. The molecule has 1 heterocycles. The summed E-state index contributed by atoms with van der Waals surface area (Å²) in [5.41, 5.74) is 0.776. The minimum absolute atomic E-state index is 0.0298. The van der Waals surface area contributed by atoms with Crippen LogP contribution >= 0.6 is 0 Å². The molecule has 0 atom stereocenters. The molecule has 5 nitrogen and oxygen atoms in total. The van der Waals surface area contributed by atoms with Crippen LogP contribution in [0.15, 0.2) is 47.6 Å². The number of nitrogens with one attached hydrogen (secondary N) is 2. The van der Waals surface area contributed by atoms with E-state index in [1.165, 1.54) is 18.2 Å². The first kappa shape index (κ1) is 18.6. The Morgan fingerprint density at radius 1 is 1.20 bits per heavy atom. The van der Waals surface area contributed by atoms with E-state index in [1.807, 2.05) is 25.1 Å². The van der Waals surface area contributed by atoms with Crippen molar-refractivity contribution in [2.75, 3.05) is 6.54 Å². The number of rotatable bonds is 7. The molecule has 0 fully saturated rings. The lowest BCUT2D eigenvalue weighted by atomic mass is 10.2. The van der Waals surface area contributed by atoms with Crippen LogP contribution in [0.4, 0.5) is 13.2 Å². The van der Waals surface area contributed by atoms with Gasteiger partial charge in [-0.05, 0) is 31.2 Å². The number of nitrogens with zero attached hydrogens (tertiary/aromatic N) is 2. The van der Waals surface area contributed by atoms with Crippen molar-refractivity contribution in [3.05, 3.63) is 59.7 Å². The van der Waals surface area contributed by atoms with Gasteiger partial charge in [-0.1, -0.05) is 12.1 Å². The van der Waals surface area contributed by atoms with Crippen LogP contribution in [0.1, 0.15) is 18.2 Å². The molecule has 0 saturated heterocycles. The first-order valence-corrected chi connectivity index (χ1v) is 7.74. The fraction of sp³-hybridized carbons (Fsp3) is 0.294. The number of hydrogen-bond acceptors (Lipinski definition) is 3. The summed E-state index contributed by atoms with van der Waals surface area (Å²) in [5, 5.41) is 6.05. The Kier molecular flexibility index (Phi) is 7.06. The number of aromatic nitrogens is 1. The summed E-state index contributed by atoms with van der Waals surface area (Å²) < 4.78 is 43.2. The van der Waals surface area contributed by atoms with Gasteiger partial charge in [0.1, 0.15) is 11.6 Å². The molecule has 0 radical (unpaired) electrons. The van der Waals surface area contributed by atoms with E-state index in [-0.39, 0.29) is 17.9 Å². The zero-order valence-electron chi connectivity index (χ0n) is 13.7. The van der Waals surface area contributed by atoms with E-state index in [0.29, 0.717) is 19.0 Å². The van der Waals surface area contributed by atoms with Gasteiger partial charge in [0.05, 0.1) is 24.3 Å². The highest BCUT2D eigenvalue weighted by atomic mass is 19.3. The van der Waals surface area contributed by atoms with Crippen molar-refractivity contribution in [1.82, 2.24) is 15.6 Å². The fourth-order valence-corrected chi connectivity index (χ4v) is 2.08. The predicted molar refractivity (Wildman–Crippen MR) is 88.9 cm³/mol. The summed E-state index contributed by atoms with van der Waals surface area (Å²) in [6.07, 6.45) is 1.67. The van der Waals surface area contributed by atoms with Gasteiger partial charge in [0.15, 0.2) is 5.96 Å². The SMILES string of the molecule is CCNC(=NCc1c(F)cccc1OC(F)F)NCc1ccccn1. The Balaban J connectivity index is 2.10. The van der Waals surface area contributed by atoms with Crippen molar-refractivity contribution in [3.63, 3.8) is 0 Å². The highest BCUT2D eigenvalue weighted by Gasteiger charge is 2.13. The van der Waals surface area contributed by atoms with Gasteiger partial charge in [0.25, 0.3) is 0 Å². The number of ether oxygens (including phenoxy) is 1. The molecule has 134 valence electrons. The average Bonchev–Trinajstić information content (AvgIpc) is 2.59. The molecule has 0 saturated carbocycles. The van der Waals surface area contributed by atoms with Gasteiger partial charge >= 0.3 is 6.61 Å². The molecule has 0 amide bonds. The second kappa shape index (κ2) is 9.51. The molecule has 0 unspecified atom stereocenters. The largest absolute Gasteiger partial charge is 0.434 e. The second-order valence-electron chi connectivity index (χ2n) is 4.96. The fourth-order valence-electron chi connectivity index (χ4n) is 2.08. The lowest BCUT2D eigenvalue weighted by molar-refractivity contribution is -0.0506. The highest BCUT2D eigenvalue weighted by Crippen LogP contribution is 2.24. The Morgan fingerprint density at radius 2 is 2.04 bits per heavy atom. The molecular weight excluding hydrogens is 333 g/mol. The average molecular weight is 352 g/mol. The maximum Gasteiger partial charge on any atom is 0.387 e. The zero-order valence-corrected chi connectivity index (χ0v) is 13.7. The van der Waals surface area contributed by atoms with E-state index in [1.54, 1.807) is 6.20 Å². The Labute approximate surface area is 144 Å². The van der Waals surface area contributed by atoms with E-state index >= 15 is 0 Å². The van der Waals surface area contributed by atoms with E-state index in [0.717, 1.165) is 5.69 Å². The molecule has 0 aliphatic carbocycles. The molecule has 1 aromatic heterocycles. The molecule has 0 bridgehead atoms. The number of hydrogen-bond donors (Lipinski definition) is 2. The van der Waals surface area contributed by atoms with Crippen molar-refractivity contribution in [2.24, 2.45) is 4.99 Å². The summed E-state index contributed by atoms with van der Waals surface area (Å²) in [7, 11) is 0. The van der Waals surface area contributed by atoms with Crippen LogP contribution in [-0.4, -0.2) is 24.1 Å². The van der Waals surface area contributed by atoms with Crippen LogP contribution in [0.2, 0.25) is 0 Å². The smallest absolute Gasteiger partial charge is 0.387 e. The van der Waals surface area contributed by atoms with Gasteiger partial charge in [0.2, 0.25) is 0 Å². The summed E-state index contributed by atoms with van der Waals surface area (Å²) in [5.74, 6) is -0.457. The second-order valence-corrected chi connectivity index (χ2v) is 4.96. The predicted octanol–water partition coefficient (Wildman–Crippen LogP) is 3.08. The van der Waals surface area contributed by atoms with E-state index < -0.39 is 12.4 Å². The number of alkyl halides is 2. The summed E-state index contributed by atoms with van der Waals surface area (Å²) >= 11 is 0. The van der Waals surface area contributed by atoms with Crippen LogP contribution in [0.25, 0.3) is 0 Å². The maximum absolute atomic E-state index is 13.9. The molecule has 8 heteroatoms. The Bertz CT molecular complexity index is 696. The normalized spacial score (nSPS) is 11.5. The molecule has 2 aromatic rings. The Morgan fingerprint density at radius 3 is 2.72 bits per heavy atom. The number of halogens is 3. The first-order chi connectivity index (χ1) is 12.1. The van der Waals surface area contributed by atoms with Gasteiger partial charge in [-0.15, -0.1) is 0 Å². The maximum atomic E-state index is 13.9. The molecular formula is C17H19F3N4O. The lowest BCUT2D eigenvalue weighted by Gasteiger charge is -2.13. The molecule has 0 spiro atoms. The molecule has 0 aliphatic heterocycles. The van der Waals surface area contributed by atoms with Crippen LogP contribution < -0.4 is 15.4 Å². The highest BCUT2D eigenvalue weighted by molar-refractivity contribution is 5.79. The van der Waals surface area contributed by atoms with Crippen molar-refractivity contribution in [2.45, 2.75) is 26.6 Å². The standard InChI is InChI=1S/C17H19F3N4O/c1-2-21-17(23-10-12-6-3-4-9-22-12)24-11-13-14(18)7-5-8-15(13)25-16(19)20/h3-9,16H,2,10-11H2,1H3,(H2,21,23,24). The van der Waals surface area contributed by atoms with E-state index in [4.69, 9.17) is 0 Å². The van der Waals surface area contributed by atoms with Gasteiger partial charge in [-0.25, -0.2) is 9.38 Å². The van der Waals surface area contributed by atoms with Crippen molar-refractivity contribution in [3.8, 4) is 5.75 Å². The monoisotopic (exact) mass is 352 g/mol. The van der Waals surface area contributed by atoms with Crippen LogP contribution in [0, 0.1) is 5.82 Å². The summed E-state index contributed by atoms with van der Waals surface area (Å²) in [6.45, 7) is -0.283. The minimum atomic E-state index is -3.03. The molecule has 0 aliphatic rings. The summed E-state index contributed by atoms with van der Waals surface area (Å²) in [4.78, 5) is 8.41. The van der Waals surface area contributed by atoms with Crippen molar-refractivity contribution in [1.29, 1.82) is 0 Å².